The maximum absolute atomic E-state index is 5.77. The summed E-state index contributed by atoms with van der Waals surface area (Å²) in [5.41, 5.74) is 0. The first-order chi connectivity index (χ1) is 13.4. The zero-order valence-corrected chi connectivity index (χ0v) is 18.3. The van der Waals surface area contributed by atoms with E-state index in [1.807, 2.05) is 0 Å². The lowest BCUT2D eigenvalue weighted by molar-refractivity contribution is 0.119. The minimum atomic E-state index is 0.955. The second-order valence-electron chi connectivity index (χ2n) is 8.10. The van der Waals surface area contributed by atoms with Crippen LogP contribution in [0.15, 0.2) is 24.3 Å². The Balaban J connectivity index is 1.69. The maximum Gasteiger partial charge on any atom is 0.0478 e. The Morgan fingerprint density at radius 2 is 1.26 bits per heavy atom. The molecule has 0 atom stereocenters. The van der Waals surface area contributed by atoms with E-state index in [0.717, 1.165) is 19.6 Å². The molecular formula is C25H47NO. The quantitative estimate of drug-likeness (QED) is 0.173. The Morgan fingerprint density at radius 3 is 1.96 bits per heavy atom. The van der Waals surface area contributed by atoms with Crippen molar-refractivity contribution < 1.29 is 4.74 Å². The molecule has 0 aliphatic carbocycles. The Morgan fingerprint density at radius 1 is 0.667 bits per heavy atom. The van der Waals surface area contributed by atoms with Gasteiger partial charge in [0.05, 0.1) is 0 Å². The van der Waals surface area contributed by atoms with Gasteiger partial charge in [-0.1, -0.05) is 69.8 Å². The lowest BCUT2D eigenvalue weighted by Crippen LogP contribution is -2.21. The van der Waals surface area contributed by atoms with Gasteiger partial charge in [-0.2, -0.15) is 0 Å². The molecule has 1 fully saturated rings. The topological polar surface area (TPSA) is 12.5 Å². The smallest absolute Gasteiger partial charge is 0.0478 e. The fraction of sp³-hybridized carbons (Fsp3) is 0.840. The predicted octanol–water partition coefficient (Wildman–Crippen LogP) is 7.30. The van der Waals surface area contributed by atoms with E-state index in [9.17, 15) is 0 Å². The molecule has 0 aromatic heterocycles. The lowest BCUT2D eigenvalue weighted by Gasteiger charge is -2.13. The number of unbranched alkanes of at least 4 members (excludes halogenated alkanes) is 9. The van der Waals surface area contributed by atoms with Crippen LogP contribution in [0.2, 0.25) is 0 Å². The largest absolute Gasteiger partial charge is 0.381 e. The molecule has 158 valence electrons. The summed E-state index contributed by atoms with van der Waals surface area (Å²) in [5, 5.41) is 0. The molecule has 0 aromatic carbocycles. The second-order valence-corrected chi connectivity index (χ2v) is 8.10. The van der Waals surface area contributed by atoms with Crippen LogP contribution in [0.3, 0.4) is 0 Å². The summed E-state index contributed by atoms with van der Waals surface area (Å²) >= 11 is 0. The van der Waals surface area contributed by atoms with Crippen molar-refractivity contribution in [1.82, 2.24) is 4.90 Å². The molecule has 1 saturated heterocycles. The fourth-order valence-corrected chi connectivity index (χ4v) is 3.69. The van der Waals surface area contributed by atoms with E-state index in [1.54, 1.807) is 0 Å². The van der Waals surface area contributed by atoms with Gasteiger partial charge in [-0.05, 0) is 70.9 Å². The number of hydrogen-bond acceptors (Lipinski definition) is 2. The molecule has 0 bridgehead atoms. The SMILES string of the molecule is CCCCC/C=C\C/C=C\CCCCCCCCOCCCN1CCCC1. The van der Waals surface area contributed by atoms with Crippen LogP contribution in [0.25, 0.3) is 0 Å². The molecule has 1 rings (SSSR count). The lowest BCUT2D eigenvalue weighted by atomic mass is 10.1. The molecule has 0 amide bonds. The highest BCUT2D eigenvalue weighted by molar-refractivity contribution is 4.92. The summed E-state index contributed by atoms with van der Waals surface area (Å²) in [4.78, 5) is 2.57. The third kappa shape index (κ3) is 17.2. The standard InChI is InChI=1S/C25H47NO/c1-2-3-4-5-6-7-8-9-10-11-12-13-14-15-16-19-24-27-25-20-23-26-21-17-18-22-26/h6-7,9-10H,2-5,8,11-25H2,1H3/b7-6-,10-9-. The Labute approximate surface area is 170 Å². The Hall–Kier alpha value is -0.600. The summed E-state index contributed by atoms with van der Waals surface area (Å²) in [7, 11) is 0. The molecule has 0 unspecified atom stereocenters. The normalized spacial score (nSPS) is 15.6. The van der Waals surface area contributed by atoms with E-state index in [4.69, 9.17) is 4.74 Å². The average Bonchev–Trinajstić information content (AvgIpc) is 3.20. The van der Waals surface area contributed by atoms with E-state index in [1.165, 1.54) is 110 Å². The van der Waals surface area contributed by atoms with Crippen molar-refractivity contribution in [3.8, 4) is 0 Å². The first kappa shape index (κ1) is 24.4. The van der Waals surface area contributed by atoms with E-state index in [2.05, 4.69) is 36.1 Å². The molecule has 2 nitrogen and oxygen atoms in total. The zero-order valence-electron chi connectivity index (χ0n) is 18.3. The Bertz CT molecular complexity index is 344. The van der Waals surface area contributed by atoms with E-state index < -0.39 is 0 Å². The summed E-state index contributed by atoms with van der Waals surface area (Å²) in [6.07, 6.45) is 29.1. The first-order valence-electron chi connectivity index (χ1n) is 12.0. The van der Waals surface area contributed by atoms with Crippen LogP contribution in [-0.2, 0) is 4.74 Å². The van der Waals surface area contributed by atoms with Gasteiger partial charge in [-0.3, -0.25) is 0 Å². The van der Waals surface area contributed by atoms with Gasteiger partial charge in [-0.25, -0.2) is 0 Å². The van der Waals surface area contributed by atoms with Crippen LogP contribution in [0, 0.1) is 0 Å². The molecule has 0 spiro atoms. The number of ether oxygens (including phenoxy) is 1. The van der Waals surface area contributed by atoms with Crippen molar-refractivity contribution in [2.75, 3.05) is 32.8 Å². The molecule has 0 saturated carbocycles. The minimum absolute atomic E-state index is 0.955. The molecule has 1 aliphatic rings. The van der Waals surface area contributed by atoms with Crippen LogP contribution in [0.5, 0.6) is 0 Å². The number of nitrogens with zero attached hydrogens (tertiary/aromatic N) is 1. The molecule has 0 radical (unpaired) electrons. The molecule has 0 aromatic rings. The highest BCUT2D eigenvalue weighted by atomic mass is 16.5. The van der Waals surface area contributed by atoms with Gasteiger partial charge >= 0.3 is 0 Å². The van der Waals surface area contributed by atoms with Crippen LogP contribution in [-0.4, -0.2) is 37.7 Å². The third-order valence-corrected chi connectivity index (χ3v) is 5.45. The van der Waals surface area contributed by atoms with Crippen molar-refractivity contribution in [3.63, 3.8) is 0 Å². The average molecular weight is 378 g/mol. The van der Waals surface area contributed by atoms with Crippen molar-refractivity contribution in [2.45, 2.75) is 103 Å². The number of hydrogen-bond donors (Lipinski definition) is 0. The minimum Gasteiger partial charge on any atom is -0.381 e. The molecule has 27 heavy (non-hydrogen) atoms. The Kier molecular flexibility index (Phi) is 18.2. The van der Waals surface area contributed by atoms with Crippen LogP contribution in [0.1, 0.15) is 103 Å². The van der Waals surface area contributed by atoms with Gasteiger partial charge < -0.3 is 9.64 Å². The van der Waals surface area contributed by atoms with Gasteiger partial charge in [0.25, 0.3) is 0 Å². The van der Waals surface area contributed by atoms with Gasteiger partial charge in [0.15, 0.2) is 0 Å². The molecular weight excluding hydrogens is 330 g/mol. The molecule has 1 heterocycles. The molecule has 2 heteroatoms. The highest BCUT2D eigenvalue weighted by Gasteiger charge is 2.09. The first-order valence-corrected chi connectivity index (χ1v) is 12.0. The second kappa shape index (κ2) is 20.1. The number of rotatable bonds is 19. The number of allylic oxidation sites excluding steroid dienone is 4. The highest BCUT2D eigenvalue weighted by Crippen LogP contribution is 2.09. The maximum atomic E-state index is 5.77. The van der Waals surface area contributed by atoms with Gasteiger partial charge in [-0.15, -0.1) is 0 Å². The van der Waals surface area contributed by atoms with Crippen LogP contribution in [0.4, 0.5) is 0 Å². The number of likely N-dealkylation sites (tertiary alicyclic amines) is 1. The van der Waals surface area contributed by atoms with Crippen LogP contribution < -0.4 is 0 Å². The third-order valence-electron chi connectivity index (χ3n) is 5.45. The summed E-state index contributed by atoms with van der Waals surface area (Å²) < 4.78 is 5.77. The van der Waals surface area contributed by atoms with E-state index in [-0.39, 0.29) is 0 Å². The predicted molar refractivity (Wildman–Crippen MR) is 120 cm³/mol. The van der Waals surface area contributed by atoms with Crippen molar-refractivity contribution >= 4 is 0 Å². The molecule has 1 aliphatic heterocycles. The monoisotopic (exact) mass is 377 g/mol. The summed E-state index contributed by atoms with van der Waals surface area (Å²) in [6, 6.07) is 0. The van der Waals surface area contributed by atoms with Gasteiger partial charge in [0.1, 0.15) is 0 Å². The summed E-state index contributed by atoms with van der Waals surface area (Å²) in [6.45, 7) is 8.05. The van der Waals surface area contributed by atoms with Gasteiger partial charge in [0, 0.05) is 19.8 Å². The van der Waals surface area contributed by atoms with E-state index in [0.29, 0.717) is 0 Å². The van der Waals surface area contributed by atoms with E-state index >= 15 is 0 Å². The van der Waals surface area contributed by atoms with Crippen LogP contribution >= 0.6 is 0 Å². The van der Waals surface area contributed by atoms with Crippen molar-refractivity contribution in [2.24, 2.45) is 0 Å². The molecule has 0 N–H and O–H groups in total. The van der Waals surface area contributed by atoms with Crippen molar-refractivity contribution in [3.05, 3.63) is 24.3 Å². The summed E-state index contributed by atoms with van der Waals surface area (Å²) in [5.74, 6) is 0. The van der Waals surface area contributed by atoms with Gasteiger partial charge in [0.2, 0.25) is 0 Å². The fourth-order valence-electron chi connectivity index (χ4n) is 3.69. The zero-order chi connectivity index (χ0) is 19.3. The van der Waals surface area contributed by atoms with Crippen molar-refractivity contribution in [1.29, 1.82) is 0 Å².